The van der Waals surface area contributed by atoms with Gasteiger partial charge in [-0.1, -0.05) is 12.1 Å². The predicted molar refractivity (Wildman–Crippen MR) is 106 cm³/mol. The number of hydrogen-bond donors (Lipinski definition) is 1. The largest absolute Gasteiger partial charge is 0.497 e. The van der Waals surface area contributed by atoms with E-state index in [9.17, 15) is 13.2 Å². The fourth-order valence-corrected chi connectivity index (χ4v) is 4.31. The molecule has 150 valence electrons. The van der Waals surface area contributed by atoms with Crippen molar-refractivity contribution in [3.8, 4) is 5.75 Å². The molecule has 2 atom stereocenters. The topological polar surface area (TPSA) is 84.9 Å². The SMILES string of the molecule is COc1ccc(S(=O)(=O)Nc2ccccc2C(=O)N2C[C@H](C)O[C@@H](C)C2)cc1. The summed E-state index contributed by atoms with van der Waals surface area (Å²) >= 11 is 0. The quantitative estimate of drug-likeness (QED) is 0.828. The zero-order valence-corrected chi connectivity index (χ0v) is 16.9. The minimum atomic E-state index is -3.85. The second-order valence-corrected chi connectivity index (χ2v) is 8.48. The van der Waals surface area contributed by atoms with Gasteiger partial charge in [-0.2, -0.15) is 0 Å². The number of carbonyl (C=O) groups is 1. The first-order valence-electron chi connectivity index (χ1n) is 9.01. The van der Waals surface area contributed by atoms with Gasteiger partial charge in [-0.25, -0.2) is 8.42 Å². The first-order valence-corrected chi connectivity index (χ1v) is 10.5. The van der Waals surface area contributed by atoms with E-state index in [0.717, 1.165) is 0 Å². The first-order chi connectivity index (χ1) is 13.3. The van der Waals surface area contributed by atoms with E-state index < -0.39 is 10.0 Å². The Morgan fingerprint density at radius 2 is 1.68 bits per heavy atom. The Morgan fingerprint density at radius 1 is 1.07 bits per heavy atom. The third-order valence-corrected chi connectivity index (χ3v) is 5.86. The van der Waals surface area contributed by atoms with Gasteiger partial charge in [-0.3, -0.25) is 9.52 Å². The molecule has 1 aliphatic rings. The van der Waals surface area contributed by atoms with Gasteiger partial charge in [0.2, 0.25) is 0 Å². The van der Waals surface area contributed by atoms with Crippen LogP contribution in [-0.4, -0.2) is 51.6 Å². The molecule has 2 aromatic rings. The smallest absolute Gasteiger partial charge is 0.261 e. The number of nitrogens with one attached hydrogen (secondary N) is 1. The number of anilines is 1. The zero-order valence-electron chi connectivity index (χ0n) is 16.1. The second kappa shape index (κ2) is 8.20. The first kappa shape index (κ1) is 20.2. The van der Waals surface area contributed by atoms with E-state index in [1.807, 2.05) is 13.8 Å². The molecule has 1 amide bonds. The van der Waals surface area contributed by atoms with Crippen LogP contribution in [0.25, 0.3) is 0 Å². The number of carbonyl (C=O) groups excluding carboxylic acids is 1. The molecule has 0 radical (unpaired) electrons. The Hall–Kier alpha value is -2.58. The highest BCUT2D eigenvalue weighted by atomic mass is 32.2. The van der Waals surface area contributed by atoms with E-state index in [2.05, 4.69) is 4.72 Å². The molecule has 8 heteroatoms. The van der Waals surface area contributed by atoms with Gasteiger partial charge in [0.05, 0.1) is 35.5 Å². The maximum absolute atomic E-state index is 13.0. The van der Waals surface area contributed by atoms with E-state index in [0.29, 0.717) is 24.4 Å². The number of methoxy groups -OCH3 is 1. The Labute approximate surface area is 165 Å². The summed E-state index contributed by atoms with van der Waals surface area (Å²) in [5.74, 6) is 0.333. The average Bonchev–Trinajstić information content (AvgIpc) is 2.67. The molecule has 3 rings (SSSR count). The normalized spacial score (nSPS) is 19.9. The lowest BCUT2D eigenvalue weighted by molar-refractivity contribution is -0.0585. The highest BCUT2D eigenvalue weighted by Gasteiger charge is 2.28. The van der Waals surface area contributed by atoms with Crippen LogP contribution in [0.4, 0.5) is 5.69 Å². The Kier molecular flexibility index (Phi) is 5.90. The van der Waals surface area contributed by atoms with Crippen LogP contribution in [-0.2, 0) is 14.8 Å². The Bertz CT molecular complexity index is 933. The zero-order chi connectivity index (χ0) is 20.3. The van der Waals surface area contributed by atoms with Crippen LogP contribution < -0.4 is 9.46 Å². The van der Waals surface area contributed by atoms with Crippen molar-refractivity contribution >= 4 is 21.6 Å². The summed E-state index contributed by atoms with van der Waals surface area (Å²) in [6, 6.07) is 12.7. The van der Waals surface area contributed by atoms with Crippen molar-refractivity contribution in [3.05, 3.63) is 54.1 Å². The molecule has 0 unspecified atom stereocenters. The second-order valence-electron chi connectivity index (χ2n) is 6.79. The number of benzene rings is 2. The summed E-state index contributed by atoms with van der Waals surface area (Å²) in [5.41, 5.74) is 0.552. The molecule has 28 heavy (non-hydrogen) atoms. The van der Waals surface area contributed by atoms with Crippen LogP contribution in [0.3, 0.4) is 0 Å². The average molecular weight is 404 g/mol. The number of morpholine rings is 1. The number of ether oxygens (including phenoxy) is 2. The summed E-state index contributed by atoms with van der Waals surface area (Å²) in [5, 5.41) is 0. The van der Waals surface area contributed by atoms with Gasteiger partial charge < -0.3 is 14.4 Å². The number of rotatable bonds is 5. The summed E-state index contributed by atoms with van der Waals surface area (Å²) < 4.78 is 38.8. The fraction of sp³-hybridized carbons (Fsp3) is 0.350. The van der Waals surface area contributed by atoms with Crippen LogP contribution in [0.2, 0.25) is 0 Å². The molecule has 1 heterocycles. The standard InChI is InChI=1S/C20H24N2O5S/c1-14-12-22(13-15(2)27-14)20(23)18-6-4-5-7-19(18)21-28(24,25)17-10-8-16(26-3)9-11-17/h4-11,14-15,21H,12-13H2,1-3H3/t14-,15-/m0/s1. The van der Waals surface area contributed by atoms with Crippen LogP contribution in [0, 0.1) is 0 Å². The lowest BCUT2D eigenvalue weighted by Gasteiger charge is -2.35. The molecule has 0 bridgehead atoms. The molecular weight excluding hydrogens is 380 g/mol. The predicted octanol–water partition coefficient (Wildman–Crippen LogP) is 2.75. The minimum absolute atomic E-state index is 0.0733. The molecule has 0 saturated carbocycles. The van der Waals surface area contributed by atoms with E-state index >= 15 is 0 Å². The highest BCUT2D eigenvalue weighted by Crippen LogP contribution is 2.24. The monoisotopic (exact) mass is 404 g/mol. The number of para-hydroxylation sites is 1. The van der Waals surface area contributed by atoms with Gasteiger partial charge in [0.15, 0.2) is 0 Å². The maximum atomic E-state index is 13.0. The summed E-state index contributed by atoms with van der Waals surface area (Å²) in [6.45, 7) is 4.74. The lowest BCUT2D eigenvalue weighted by atomic mass is 10.1. The molecule has 2 aromatic carbocycles. The Morgan fingerprint density at radius 3 is 2.29 bits per heavy atom. The van der Waals surface area contributed by atoms with Crippen molar-refractivity contribution in [2.45, 2.75) is 31.0 Å². The maximum Gasteiger partial charge on any atom is 0.261 e. The van der Waals surface area contributed by atoms with Gasteiger partial charge in [-0.15, -0.1) is 0 Å². The lowest BCUT2D eigenvalue weighted by Crippen LogP contribution is -2.48. The summed E-state index contributed by atoms with van der Waals surface area (Å²) in [4.78, 5) is 14.8. The molecule has 1 N–H and O–H groups in total. The van der Waals surface area contributed by atoms with Gasteiger partial charge in [0, 0.05) is 13.1 Å². The van der Waals surface area contributed by atoms with E-state index in [4.69, 9.17) is 9.47 Å². The van der Waals surface area contributed by atoms with Gasteiger partial charge in [0.25, 0.3) is 15.9 Å². The van der Waals surface area contributed by atoms with Crippen molar-refractivity contribution in [1.82, 2.24) is 4.90 Å². The number of sulfonamides is 1. The number of hydrogen-bond acceptors (Lipinski definition) is 5. The van der Waals surface area contributed by atoms with Crippen LogP contribution in [0.1, 0.15) is 24.2 Å². The van der Waals surface area contributed by atoms with Crippen molar-refractivity contribution in [2.24, 2.45) is 0 Å². The van der Waals surface area contributed by atoms with Crippen molar-refractivity contribution in [2.75, 3.05) is 24.9 Å². The van der Waals surface area contributed by atoms with Gasteiger partial charge >= 0.3 is 0 Å². The summed E-state index contributed by atoms with van der Waals surface area (Å²) in [7, 11) is -2.34. The minimum Gasteiger partial charge on any atom is -0.497 e. The Balaban J connectivity index is 1.86. The molecule has 0 aliphatic carbocycles. The van der Waals surface area contributed by atoms with Gasteiger partial charge in [0.1, 0.15) is 5.75 Å². The molecule has 1 aliphatic heterocycles. The number of amides is 1. The molecule has 1 saturated heterocycles. The van der Waals surface area contributed by atoms with Crippen LogP contribution in [0.15, 0.2) is 53.4 Å². The summed E-state index contributed by atoms with van der Waals surface area (Å²) in [6.07, 6.45) is -0.147. The fourth-order valence-electron chi connectivity index (χ4n) is 3.23. The number of nitrogens with zero attached hydrogens (tertiary/aromatic N) is 1. The molecule has 1 fully saturated rings. The van der Waals surface area contributed by atoms with Gasteiger partial charge in [-0.05, 0) is 50.2 Å². The molecule has 0 aromatic heterocycles. The van der Waals surface area contributed by atoms with E-state index in [1.165, 1.54) is 19.2 Å². The molecular formula is C20H24N2O5S. The van der Waals surface area contributed by atoms with Crippen molar-refractivity contribution in [1.29, 1.82) is 0 Å². The van der Waals surface area contributed by atoms with Crippen LogP contribution >= 0.6 is 0 Å². The third kappa shape index (κ3) is 4.45. The third-order valence-electron chi connectivity index (χ3n) is 4.48. The van der Waals surface area contributed by atoms with Crippen molar-refractivity contribution in [3.63, 3.8) is 0 Å². The van der Waals surface area contributed by atoms with E-state index in [-0.39, 0.29) is 28.7 Å². The molecule has 7 nitrogen and oxygen atoms in total. The highest BCUT2D eigenvalue weighted by molar-refractivity contribution is 7.92. The molecule has 0 spiro atoms. The van der Waals surface area contributed by atoms with Crippen molar-refractivity contribution < 1.29 is 22.7 Å². The van der Waals surface area contributed by atoms with E-state index in [1.54, 1.807) is 41.3 Å². The van der Waals surface area contributed by atoms with Crippen LogP contribution in [0.5, 0.6) is 5.75 Å².